The number of carbonyl (C=O) groups excluding carboxylic acids is 1. The zero-order valence-corrected chi connectivity index (χ0v) is 19.8. The molecule has 0 aliphatic rings. The van der Waals surface area contributed by atoms with E-state index in [1.165, 1.54) is 6.07 Å². The first-order valence-corrected chi connectivity index (χ1v) is 9.48. The Kier molecular flexibility index (Phi) is 10.6. The second-order valence-electron chi connectivity index (χ2n) is 6.84. The molecule has 0 aliphatic carbocycles. The van der Waals surface area contributed by atoms with Crippen LogP contribution < -0.4 is 10.6 Å². The van der Waals surface area contributed by atoms with Gasteiger partial charge in [-0.05, 0) is 61.2 Å². The smallest absolute Gasteiger partial charge is 0.253 e. The number of amides is 1. The van der Waals surface area contributed by atoms with Crippen LogP contribution in [0.3, 0.4) is 0 Å². The van der Waals surface area contributed by atoms with E-state index in [0.29, 0.717) is 18.7 Å². The van der Waals surface area contributed by atoms with Crippen molar-refractivity contribution in [2.45, 2.75) is 26.8 Å². The molecule has 0 aliphatic heterocycles. The number of nitrogens with one attached hydrogen (secondary N) is 2. The van der Waals surface area contributed by atoms with Crippen molar-refractivity contribution in [3.63, 3.8) is 0 Å². The van der Waals surface area contributed by atoms with Crippen molar-refractivity contribution in [3.05, 3.63) is 70.5 Å². The maximum atomic E-state index is 13.2. The lowest BCUT2D eigenvalue weighted by Gasteiger charge is -2.13. The first kappa shape index (κ1) is 24.9. The Morgan fingerprint density at radius 3 is 2.38 bits per heavy atom. The fourth-order valence-electron chi connectivity index (χ4n) is 2.78. The lowest BCUT2D eigenvalue weighted by atomic mass is 10.1. The Bertz CT molecular complexity index is 822. The van der Waals surface area contributed by atoms with Crippen LogP contribution >= 0.6 is 24.0 Å². The van der Waals surface area contributed by atoms with E-state index in [4.69, 9.17) is 0 Å². The van der Waals surface area contributed by atoms with E-state index in [1.54, 1.807) is 25.1 Å². The van der Waals surface area contributed by atoms with E-state index in [0.717, 1.165) is 35.6 Å². The minimum atomic E-state index is -0.206. The molecule has 0 aromatic heterocycles. The van der Waals surface area contributed by atoms with Crippen LogP contribution in [0.15, 0.2) is 47.5 Å². The second-order valence-corrected chi connectivity index (χ2v) is 6.84. The van der Waals surface area contributed by atoms with Gasteiger partial charge in [0.1, 0.15) is 5.82 Å². The number of benzene rings is 2. The Hall–Kier alpha value is -2.16. The first-order valence-electron chi connectivity index (χ1n) is 9.48. The highest BCUT2D eigenvalue weighted by Crippen LogP contribution is 2.10. The number of carbonyl (C=O) groups is 1. The number of hydrogen-bond donors (Lipinski definition) is 2. The minimum absolute atomic E-state index is 0. The summed E-state index contributed by atoms with van der Waals surface area (Å²) in [5.41, 5.74) is 3.77. The second kappa shape index (κ2) is 12.4. The van der Waals surface area contributed by atoms with Crippen molar-refractivity contribution in [1.29, 1.82) is 0 Å². The molecule has 0 saturated carbocycles. The molecule has 158 valence electrons. The fourth-order valence-corrected chi connectivity index (χ4v) is 2.78. The number of aryl methyl sites for hydroxylation is 1. The Labute approximate surface area is 189 Å². The molecule has 0 heterocycles. The van der Waals surface area contributed by atoms with E-state index in [9.17, 15) is 9.18 Å². The van der Waals surface area contributed by atoms with Gasteiger partial charge in [-0.3, -0.25) is 4.79 Å². The summed E-state index contributed by atoms with van der Waals surface area (Å²) in [5, 5.41) is 6.54. The molecule has 0 radical (unpaired) electrons. The molecular formula is C22H30FIN4O. The molecule has 0 atom stereocenters. The van der Waals surface area contributed by atoms with Gasteiger partial charge in [-0.25, -0.2) is 9.38 Å². The van der Waals surface area contributed by atoms with Gasteiger partial charge in [0.05, 0.1) is 6.54 Å². The third kappa shape index (κ3) is 8.00. The van der Waals surface area contributed by atoms with E-state index >= 15 is 0 Å². The first-order chi connectivity index (χ1) is 13.4. The van der Waals surface area contributed by atoms with Gasteiger partial charge in [0.15, 0.2) is 5.96 Å². The fraction of sp³-hybridized carbons (Fsp3) is 0.364. The van der Waals surface area contributed by atoms with Crippen LogP contribution in [-0.2, 0) is 13.0 Å². The molecule has 7 heteroatoms. The number of hydrogen-bond acceptors (Lipinski definition) is 2. The summed E-state index contributed by atoms with van der Waals surface area (Å²) < 4.78 is 13.2. The third-order valence-electron chi connectivity index (χ3n) is 4.36. The predicted octanol–water partition coefficient (Wildman–Crippen LogP) is 3.75. The van der Waals surface area contributed by atoms with E-state index in [-0.39, 0.29) is 35.7 Å². The van der Waals surface area contributed by atoms with Crippen LogP contribution in [0.5, 0.6) is 0 Å². The number of aliphatic imine (C=N–C) groups is 1. The van der Waals surface area contributed by atoms with Gasteiger partial charge in [-0.15, -0.1) is 24.0 Å². The molecule has 29 heavy (non-hydrogen) atoms. The molecule has 0 spiro atoms. The highest BCUT2D eigenvalue weighted by Gasteiger charge is 2.07. The molecule has 2 N–H and O–H groups in total. The minimum Gasteiger partial charge on any atom is -0.357 e. The molecular weight excluding hydrogens is 482 g/mol. The van der Waals surface area contributed by atoms with Crippen LogP contribution in [0, 0.1) is 12.7 Å². The van der Waals surface area contributed by atoms with Crippen LogP contribution in [0.1, 0.15) is 34.0 Å². The zero-order valence-electron chi connectivity index (χ0n) is 17.5. The molecule has 0 saturated heterocycles. The summed E-state index contributed by atoms with van der Waals surface area (Å²) in [7, 11) is 3.48. The van der Waals surface area contributed by atoms with Gasteiger partial charge in [-0.1, -0.05) is 18.2 Å². The van der Waals surface area contributed by atoms with Gasteiger partial charge in [-0.2, -0.15) is 0 Å². The predicted molar refractivity (Wildman–Crippen MR) is 128 cm³/mol. The van der Waals surface area contributed by atoms with Crippen LogP contribution in [-0.4, -0.2) is 44.0 Å². The van der Waals surface area contributed by atoms with E-state index < -0.39 is 0 Å². The summed E-state index contributed by atoms with van der Waals surface area (Å²) in [4.78, 5) is 18.1. The third-order valence-corrected chi connectivity index (χ3v) is 4.36. The van der Waals surface area contributed by atoms with Crippen molar-refractivity contribution in [3.8, 4) is 0 Å². The lowest BCUT2D eigenvalue weighted by Crippen LogP contribution is -2.38. The maximum absolute atomic E-state index is 13.2. The number of halogens is 2. The summed E-state index contributed by atoms with van der Waals surface area (Å²) >= 11 is 0. The molecule has 0 fully saturated rings. The summed E-state index contributed by atoms with van der Waals surface area (Å²) in [6, 6.07) is 12.4. The van der Waals surface area contributed by atoms with Crippen molar-refractivity contribution in [2.24, 2.45) is 4.99 Å². The highest BCUT2D eigenvalue weighted by molar-refractivity contribution is 14.0. The number of nitrogens with zero attached hydrogens (tertiary/aromatic N) is 2. The molecule has 1 amide bonds. The number of rotatable bonds is 7. The van der Waals surface area contributed by atoms with Gasteiger partial charge in [0.25, 0.3) is 5.91 Å². The molecule has 2 rings (SSSR count). The standard InChI is InChI=1S/C22H29FN4O.HI/c1-5-24-22(25-13-12-18-10-11-20(23)14-16(18)2)26-15-17-6-8-19(9-7-17)21(28)27(3)4;/h6-11,14H,5,12-13,15H2,1-4H3,(H2,24,25,26);1H. The Morgan fingerprint density at radius 2 is 1.79 bits per heavy atom. The molecule has 5 nitrogen and oxygen atoms in total. The summed E-state index contributed by atoms with van der Waals surface area (Å²) in [6.07, 6.45) is 0.790. The Morgan fingerprint density at radius 1 is 1.10 bits per heavy atom. The number of guanidine groups is 1. The van der Waals surface area contributed by atoms with E-state index in [1.807, 2.05) is 44.2 Å². The van der Waals surface area contributed by atoms with Crippen molar-refractivity contribution in [1.82, 2.24) is 15.5 Å². The average Bonchev–Trinajstić information content (AvgIpc) is 2.67. The molecule has 0 bridgehead atoms. The zero-order chi connectivity index (χ0) is 20.5. The van der Waals surface area contributed by atoms with Crippen molar-refractivity contribution in [2.75, 3.05) is 27.2 Å². The average molecular weight is 512 g/mol. The van der Waals surface area contributed by atoms with Gasteiger partial charge < -0.3 is 15.5 Å². The van der Waals surface area contributed by atoms with Crippen molar-refractivity contribution >= 4 is 35.8 Å². The van der Waals surface area contributed by atoms with Gasteiger partial charge in [0, 0.05) is 32.7 Å². The maximum Gasteiger partial charge on any atom is 0.253 e. The Balaban J connectivity index is 0.00000420. The largest absolute Gasteiger partial charge is 0.357 e. The molecule has 2 aromatic carbocycles. The molecule has 2 aromatic rings. The monoisotopic (exact) mass is 512 g/mol. The van der Waals surface area contributed by atoms with Crippen LogP contribution in [0.25, 0.3) is 0 Å². The summed E-state index contributed by atoms with van der Waals surface area (Å²) in [6.45, 7) is 5.92. The normalized spacial score (nSPS) is 10.9. The van der Waals surface area contributed by atoms with Crippen LogP contribution in [0.4, 0.5) is 4.39 Å². The van der Waals surface area contributed by atoms with Crippen LogP contribution in [0.2, 0.25) is 0 Å². The van der Waals surface area contributed by atoms with E-state index in [2.05, 4.69) is 15.6 Å². The SMILES string of the molecule is CCNC(=NCc1ccc(C(=O)N(C)C)cc1)NCCc1ccc(F)cc1C.I. The quantitative estimate of drug-likeness (QED) is 0.338. The van der Waals surface area contributed by atoms with Crippen molar-refractivity contribution < 1.29 is 9.18 Å². The molecule has 0 unspecified atom stereocenters. The topological polar surface area (TPSA) is 56.7 Å². The highest BCUT2D eigenvalue weighted by atomic mass is 127. The summed E-state index contributed by atoms with van der Waals surface area (Å²) in [5.74, 6) is 0.513. The van der Waals surface area contributed by atoms with Gasteiger partial charge in [0.2, 0.25) is 0 Å². The lowest BCUT2D eigenvalue weighted by molar-refractivity contribution is 0.0827. The van der Waals surface area contributed by atoms with Gasteiger partial charge >= 0.3 is 0 Å².